The van der Waals surface area contributed by atoms with Crippen LogP contribution in [0.3, 0.4) is 0 Å². The second-order valence-corrected chi connectivity index (χ2v) is 8.31. The van der Waals surface area contributed by atoms with E-state index < -0.39 is 10.1 Å². The van der Waals surface area contributed by atoms with Crippen molar-refractivity contribution < 1.29 is 17.8 Å². The maximum absolute atomic E-state index is 11.9. The van der Waals surface area contributed by atoms with E-state index >= 15 is 0 Å². The van der Waals surface area contributed by atoms with Crippen LogP contribution in [0.1, 0.15) is 90.4 Å². The first-order chi connectivity index (χ1) is 11.4. The highest BCUT2D eigenvalue weighted by Crippen LogP contribution is 2.11. The third-order valence-corrected chi connectivity index (χ3v) is 5.12. The number of hydrogen-bond donors (Lipinski definition) is 1. The minimum Gasteiger partial charge on any atom is -0.346 e. The molecule has 0 aliphatic rings. The van der Waals surface area contributed by atoms with E-state index in [1.807, 2.05) is 0 Å². The lowest BCUT2D eigenvalue weighted by Gasteiger charge is -2.16. The molecule has 0 rings (SSSR count). The quantitative estimate of drug-likeness (QED) is 0.325. The Morgan fingerprint density at radius 1 is 0.833 bits per heavy atom. The van der Waals surface area contributed by atoms with Gasteiger partial charge >= 0.3 is 0 Å². The van der Waals surface area contributed by atoms with Crippen LogP contribution in [0, 0.1) is 0 Å². The van der Waals surface area contributed by atoms with Gasteiger partial charge in [-0.2, -0.15) is 8.42 Å². The molecule has 0 aromatic rings. The first-order valence-electron chi connectivity index (χ1n) is 9.56. The first-order valence-corrected chi connectivity index (χ1v) is 11.2. The standard InChI is InChI=1S/C18H37NO4S/c1-3-4-5-6-7-8-9-10-11-12-15-18(20)19(2)16-13-14-17-24(21,22)23/h3-17H2,1-2H3,(H,21,22,23). The Kier molecular flexibility index (Phi) is 14.3. The van der Waals surface area contributed by atoms with Crippen LogP contribution in [0.4, 0.5) is 0 Å². The van der Waals surface area contributed by atoms with E-state index in [-0.39, 0.29) is 11.7 Å². The number of hydrogen-bond acceptors (Lipinski definition) is 3. The predicted molar refractivity (Wildman–Crippen MR) is 99.7 cm³/mol. The summed E-state index contributed by atoms with van der Waals surface area (Å²) in [5, 5.41) is 0. The van der Waals surface area contributed by atoms with E-state index in [0.717, 1.165) is 12.8 Å². The predicted octanol–water partition coefficient (Wildman–Crippen LogP) is 4.42. The summed E-state index contributed by atoms with van der Waals surface area (Å²) in [5.74, 6) is -0.102. The molecule has 0 spiro atoms. The number of carbonyl (C=O) groups excluding carboxylic acids is 1. The maximum atomic E-state index is 11.9. The van der Waals surface area contributed by atoms with Crippen LogP contribution in [0.25, 0.3) is 0 Å². The lowest BCUT2D eigenvalue weighted by atomic mass is 10.1. The van der Waals surface area contributed by atoms with E-state index in [4.69, 9.17) is 4.55 Å². The largest absolute Gasteiger partial charge is 0.346 e. The third-order valence-electron chi connectivity index (χ3n) is 4.32. The minimum atomic E-state index is -3.88. The Balaban J connectivity index is 3.44. The molecule has 1 N–H and O–H groups in total. The van der Waals surface area contributed by atoms with Crippen LogP contribution < -0.4 is 0 Å². The molecule has 0 radical (unpaired) electrons. The van der Waals surface area contributed by atoms with Crippen molar-refractivity contribution in [1.29, 1.82) is 0 Å². The lowest BCUT2D eigenvalue weighted by Crippen LogP contribution is -2.27. The van der Waals surface area contributed by atoms with E-state index in [2.05, 4.69) is 6.92 Å². The van der Waals surface area contributed by atoms with Crippen molar-refractivity contribution in [3.8, 4) is 0 Å². The molecule has 0 heterocycles. The average Bonchev–Trinajstić information content (AvgIpc) is 2.52. The third kappa shape index (κ3) is 16.2. The Morgan fingerprint density at radius 3 is 1.83 bits per heavy atom. The van der Waals surface area contributed by atoms with E-state index in [1.54, 1.807) is 11.9 Å². The summed E-state index contributed by atoms with van der Waals surface area (Å²) in [5.41, 5.74) is 0. The average molecular weight is 364 g/mol. The molecule has 0 saturated carbocycles. The van der Waals surface area contributed by atoms with Gasteiger partial charge in [-0.1, -0.05) is 64.7 Å². The summed E-state index contributed by atoms with van der Waals surface area (Å²) in [6.07, 6.45) is 14.1. The summed E-state index contributed by atoms with van der Waals surface area (Å²) < 4.78 is 29.8. The molecule has 0 aromatic heterocycles. The first kappa shape index (κ1) is 23.4. The van der Waals surface area contributed by atoms with Gasteiger partial charge in [0.2, 0.25) is 5.91 Å². The Labute approximate surface area is 148 Å². The van der Waals surface area contributed by atoms with Gasteiger partial charge in [-0.15, -0.1) is 0 Å². The number of amides is 1. The van der Waals surface area contributed by atoms with Crippen LogP contribution in [0.2, 0.25) is 0 Å². The molecular weight excluding hydrogens is 326 g/mol. The Morgan fingerprint density at radius 2 is 1.33 bits per heavy atom. The molecule has 0 aliphatic heterocycles. The Bertz CT molecular complexity index is 409. The fourth-order valence-corrected chi connectivity index (χ4v) is 3.28. The second kappa shape index (κ2) is 14.7. The Hall–Kier alpha value is -0.620. The van der Waals surface area contributed by atoms with Gasteiger partial charge < -0.3 is 4.90 Å². The van der Waals surface area contributed by atoms with Crippen molar-refractivity contribution in [2.75, 3.05) is 19.3 Å². The fourth-order valence-electron chi connectivity index (χ4n) is 2.71. The van der Waals surface area contributed by atoms with Gasteiger partial charge in [0, 0.05) is 20.0 Å². The highest BCUT2D eigenvalue weighted by Gasteiger charge is 2.09. The van der Waals surface area contributed by atoms with Crippen molar-refractivity contribution >= 4 is 16.0 Å². The summed E-state index contributed by atoms with van der Waals surface area (Å²) >= 11 is 0. The van der Waals surface area contributed by atoms with E-state index in [1.165, 1.54) is 51.4 Å². The van der Waals surface area contributed by atoms with Crippen LogP contribution in [0.5, 0.6) is 0 Å². The van der Waals surface area contributed by atoms with Crippen molar-refractivity contribution in [2.24, 2.45) is 0 Å². The van der Waals surface area contributed by atoms with E-state index in [9.17, 15) is 13.2 Å². The number of rotatable bonds is 16. The molecular formula is C18H37NO4S. The van der Waals surface area contributed by atoms with Crippen molar-refractivity contribution in [1.82, 2.24) is 4.90 Å². The number of unbranched alkanes of at least 4 members (excludes halogenated alkanes) is 10. The van der Waals surface area contributed by atoms with Crippen molar-refractivity contribution in [2.45, 2.75) is 90.4 Å². The zero-order valence-corrected chi connectivity index (χ0v) is 16.5. The van der Waals surface area contributed by atoms with Gasteiger partial charge in [0.1, 0.15) is 0 Å². The highest BCUT2D eigenvalue weighted by atomic mass is 32.2. The molecule has 0 fully saturated rings. The minimum absolute atomic E-state index is 0.126. The summed E-state index contributed by atoms with van der Waals surface area (Å²) in [6, 6.07) is 0. The second-order valence-electron chi connectivity index (χ2n) is 6.74. The van der Waals surface area contributed by atoms with Crippen LogP contribution >= 0.6 is 0 Å². The molecule has 0 aromatic carbocycles. The summed E-state index contributed by atoms with van der Waals surface area (Å²) in [7, 11) is -2.12. The summed E-state index contributed by atoms with van der Waals surface area (Å²) in [4.78, 5) is 13.6. The zero-order chi connectivity index (χ0) is 18.3. The normalized spacial score (nSPS) is 11.6. The molecule has 144 valence electrons. The SMILES string of the molecule is CCCCCCCCCCCCC(=O)N(C)CCCCS(=O)(=O)O. The van der Waals surface area contributed by atoms with Gasteiger partial charge in [-0.05, 0) is 19.3 Å². The van der Waals surface area contributed by atoms with Gasteiger partial charge in [0.05, 0.1) is 5.75 Å². The molecule has 24 heavy (non-hydrogen) atoms. The molecule has 0 aliphatic carbocycles. The highest BCUT2D eigenvalue weighted by molar-refractivity contribution is 7.85. The number of carbonyl (C=O) groups is 1. The van der Waals surface area contributed by atoms with Crippen molar-refractivity contribution in [3.63, 3.8) is 0 Å². The zero-order valence-electron chi connectivity index (χ0n) is 15.6. The van der Waals surface area contributed by atoms with Gasteiger partial charge in [-0.25, -0.2) is 0 Å². The maximum Gasteiger partial charge on any atom is 0.264 e. The fraction of sp³-hybridized carbons (Fsp3) is 0.944. The van der Waals surface area contributed by atoms with E-state index in [0.29, 0.717) is 25.8 Å². The van der Waals surface area contributed by atoms with Crippen LogP contribution in [0.15, 0.2) is 0 Å². The summed E-state index contributed by atoms with van der Waals surface area (Å²) in [6.45, 7) is 2.78. The van der Waals surface area contributed by atoms with Gasteiger partial charge in [0.15, 0.2) is 0 Å². The lowest BCUT2D eigenvalue weighted by molar-refractivity contribution is -0.130. The molecule has 0 unspecified atom stereocenters. The molecule has 0 saturated heterocycles. The smallest absolute Gasteiger partial charge is 0.264 e. The topological polar surface area (TPSA) is 74.7 Å². The monoisotopic (exact) mass is 363 g/mol. The van der Waals surface area contributed by atoms with Gasteiger partial charge in [0.25, 0.3) is 10.1 Å². The number of nitrogens with zero attached hydrogens (tertiary/aromatic N) is 1. The molecule has 0 atom stereocenters. The van der Waals surface area contributed by atoms with Crippen LogP contribution in [-0.4, -0.2) is 43.1 Å². The van der Waals surface area contributed by atoms with Crippen molar-refractivity contribution in [3.05, 3.63) is 0 Å². The molecule has 0 bridgehead atoms. The van der Waals surface area contributed by atoms with Gasteiger partial charge in [-0.3, -0.25) is 9.35 Å². The van der Waals surface area contributed by atoms with Crippen LogP contribution in [-0.2, 0) is 14.9 Å². The molecule has 5 nitrogen and oxygen atoms in total. The molecule has 6 heteroatoms. The molecule has 1 amide bonds.